The van der Waals surface area contributed by atoms with Crippen LogP contribution in [0.5, 0.6) is 0 Å². The minimum absolute atomic E-state index is 0.00159. The van der Waals surface area contributed by atoms with Gasteiger partial charge in [-0.3, -0.25) is 24.2 Å². The first-order valence-corrected chi connectivity index (χ1v) is 15.8. The summed E-state index contributed by atoms with van der Waals surface area (Å²) in [4.78, 5) is 34.3. The molecule has 2 aliphatic rings. The molecule has 13 nitrogen and oxygen atoms in total. The maximum Gasteiger partial charge on any atom is 0.442 e. The fourth-order valence-corrected chi connectivity index (χ4v) is 5.61. The van der Waals surface area contributed by atoms with Crippen molar-refractivity contribution in [3.05, 3.63) is 123 Å². The topological polar surface area (TPSA) is 168 Å². The van der Waals surface area contributed by atoms with Crippen molar-refractivity contribution >= 4 is 29.1 Å². The largest absolute Gasteiger partial charge is 0.442 e. The number of ether oxygens (including phenoxy) is 1. The van der Waals surface area contributed by atoms with E-state index >= 15 is 0 Å². The third kappa shape index (κ3) is 7.84. The van der Waals surface area contributed by atoms with Crippen molar-refractivity contribution in [2.45, 2.75) is 37.5 Å². The van der Waals surface area contributed by atoms with E-state index in [9.17, 15) is 32.3 Å². The van der Waals surface area contributed by atoms with E-state index in [1.807, 2.05) is 0 Å². The Kier molecular flexibility index (Phi) is 10.3. The molecule has 51 heavy (non-hydrogen) atoms. The normalized spacial score (nSPS) is 16.4. The molecule has 1 atom stereocenters. The Morgan fingerprint density at radius 3 is 2.47 bits per heavy atom. The molecular formula is C33H28ClF4N9O4. The average Bonchev–Trinajstić information content (AvgIpc) is 3.84. The van der Waals surface area contributed by atoms with Crippen LogP contribution >= 0.6 is 11.6 Å². The number of aliphatic hydroxyl groups is 1. The van der Waals surface area contributed by atoms with Crippen molar-refractivity contribution in [3.63, 3.8) is 0 Å². The van der Waals surface area contributed by atoms with Crippen molar-refractivity contribution in [1.29, 1.82) is 0 Å². The van der Waals surface area contributed by atoms with Crippen LogP contribution < -0.4 is 10.6 Å². The van der Waals surface area contributed by atoms with E-state index in [0.29, 0.717) is 41.3 Å². The molecule has 4 aromatic rings. The monoisotopic (exact) mass is 725 g/mol. The molecular weight excluding hydrogens is 698 g/mol. The van der Waals surface area contributed by atoms with Crippen LogP contribution in [0.1, 0.15) is 45.2 Å². The number of nitrogens with zero attached hydrogens (tertiary/aromatic N) is 7. The molecule has 0 aliphatic carbocycles. The Morgan fingerprint density at radius 2 is 1.80 bits per heavy atom. The number of carbonyl (C=O) groups is 2. The van der Waals surface area contributed by atoms with Gasteiger partial charge in [-0.1, -0.05) is 35.0 Å². The van der Waals surface area contributed by atoms with Crippen LogP contribution in [0.15, 0.2) is 99.7 Å². The summed E-state index contributed by atoms with van der Waals surface area (Å²) in [5.74, 6) is -1.26. The van der Waals surface area contributed by atoms with Crippen LogP contribution in [0.3, 0.4) is 0 Å². The number of hydrogen-bond acceptors (Lipinski definition) is 11. The van der Waals surface area contributed by atoms with E-state index in [-0.39, 0.29) is 41.5 Å². The van der Waals surface area contributed by atoms with E-state index in [0.717, 1.165) is 6.07 Å². The number of halogens is 5. The molecule has 0 fully saturated rings. The van der Waals surface area contributed by atoms with Crippen molar-refractivity contribution in [2.24, 2.45) is 15.2 Å². The first kappa shape index (κ1) is 35.4. The van der Waals surface area contributed by atoms with Gasteiger partial charge in [0.1, 0.15) is 30.0 Å². The first-order chi connectivity index (χ1) is 24.5. The van der Waals surface area contributed by atoms with Gasteiger partial charge in [-0.2, -0.15) is 13.2 Å². The lowest BCUT2D eigenvalue weighted by Crippen LogP contribution is -2.36. The Labute approximate surface area is 292 Å². The molecule has 0 bridgehead atoms. The highest BCUT2D eigenvalue weighted by molar-refractivity contribution is 6.31. The summed E-state index contributed by atoms with van der Waals surface area (Å²) in [6.45, 7) is -0.297. The highest BCUT2D eigenvalue weighted by atomic mass is 35.5. The number of aliphatic imine (C=N–C) groups is 1. The molecule has 4 heterocycles. The summed E-state index contributed by atoms with van der Waals surface area (Å²) in [6, 6.07) is 11.2. The summed E-state index contributed by atoms with van der Waals surface area (Å²) < 4.78 is 61.0. The van der Waals surface area contributed by atoms with Gasteiger partial charge in [-0.15, -0.1) is 15.3 Å². The van der Waals surface area contributed by atoms with Crippen LogP contribution in [0.25, 0.3) is 0 Å². The molecule has 2 aromatic heterocycles. The van der Waals surface area contributed by atoms with Gasteiger partial charge >= 0.3 is 11.8 Å². The van der Waals surface area contributed by atoms with E-state index < -0.39 is 42.0 Å². The number of aliphatic hydroxyl groups excluding tert-OH is 1. The number of ketones is 1. The fraction of sp³-hybridized carbons (Fsp3) is 0.273. The standard InChI is InChI=1S/C33H28ClF4N9O4/c34-25-14-22(35)6-7-24(25)29-28(27(49)16-48)26(41-30(42-29)19-8-11-39-12-9-19)18-51-17-23-15-47(46-43-23)13-1-10-40-31(50)20-2-4-21(5-3-20)32(44-45-32)33(36,37)38/h2-9,11-12,14-15,29,48H,1,10,13,16-18H2,(H,40,50)(H,41,42). The van der Waals surface area contributed by atoms with E-state index in [4.69, 9.17) is 21.3 Å². The SMILES string of the molecule is O=C(CO)C1=C(COCc2cn(CCCNC(=O)c3ccc(C4(C(F)(F)F)N=N4)cc3)nn2)NC(c2ccncc2)=NC1c1ccc(F)cc1Cl. The van der Waals surface area contributed by atoms with Gasteiger partial charge in [0.05, 0.1) is 25.1 Å². The lowest BCUT2D eigenvalue weighted by Gasteiger charge is -2.28. The van der Waals surface area contributed by atoms with Gasteiger partial charge in [0.2, 0.25) is 0 Å². The van der Waals surface area contributed by atoms with Crippen LogP contribution in [-0.4, -0.2) is 68.5 Å². The molecule has 1 unspecified atom stereocenters. The molecule has 6 rings (SSSR count). The second kappa shape index (κ2) is 14.8. The number of amidine groups is 1. The Hall–Kier alpha value is -5.39. The van der Waals surface area contributed by atoms with Gasteiger partial charge in [-0.25, -0.2) is 4.39 Å². The third-order valence-corrected chi connectivity index (χ3v) is 8.29. The molecule has 0 radical (unpaired) electrons. The van der Waals surface area contributed by atoms with Gasteiger partial charge in [0, 0.05) is 58.3 Å². The summed E-state index contributed by atoms with van der Waals surface area (Å²) in [6.07, 6.45) is 0.619. The van der Waals surface area contributed by atoms with Gasteiger partial charge in [0.25, 0.3) is 5.91 Å². The Balaban J connectivity index is 1.05. The maximum atomic E-state index is 13.9. The molecule has 2 aromatic carbocycles. The van der Waals surface area contributed by atoms with E-state index in [2.05, 4.69) is 36.2 Å². The molecule has 264 valence electrons. The van der Waals surface area contributed by atoms with Crippen molar-refractivity contribution in [2.75, 3.05) is 19.8 Å². The molecule has 1 amide bonds. The molecule has 0 saturated heterocycles. The number of rotatable bonds is 14. The summed E-state index contributed by atoms with van der Waals surface area (Å²) in [5, 5.41) is 30.2. The lowest BCUT2D eigenvalue weighted by atomic mass is 9.92. The molecule has 2 aliphatic heterocycles. The second-order valence-electron chi connectivity index (χ2n) is 11.4. The Bertz CT molecular complexity index is 2010. The number of Topliss-reactive ketones (excluding diaryl/α,β-unsaturated/α-hetero) is 1. The van der Waals surface area contributed by atoms with E-state index in [1.54, 1.807) is 35.4 Å². The van der Waals surface area contributed by atoms with Gasteiger partial charge in [-0.05, 0) is 42.8 Å². The number of nitrogens with one attached hydrogen (secondary N) is 2. The van der Waals surface area contributed by atoms with Crippen LogP contribution in [0.2, 0.25) is 5.02 Å². The average molecular weight is 726 g/mol. The number of aryl methyl sites for hydroxylation is 1. The molecule has 18 heteroatoms. The second-order valence-corrected chi connectivity index (χ2v) is 11.8. The fourth-order valence-electron chi connectivity index (χ4n) is 5.34. The minimum atomic E-state index is -4.65. The molecule has 0 spiro atoms. The predicted octanol–water partition coefficient (Wildman–Crippen LogP) is 4.59. The smallest absolute Gasteiger partial charge is 0.388 e. The van der Waals surface area contributed by atoms with Crippen molar-refractivity contribution in [1.82, 2.24) is 30.6 Å². The van der Waals surface area contributed by atoms with Crippen molar-refractivity contribution in [3.8, 4) is 0 Å². The number of hydrogen-bond donors (Lipinski definition) is 3. The number of carbonyl (C=O) groups excluding carboxylic acids is 2. The lowest BCUT2D eigenvalue weighted by molar-refractivity contribution is -0.166. The quantitative estimate of drug-likeness (QED) is 0.125. The van der Waals surface area contributed by atoms with Crippen molar-refractivity contribution < 1.29 is 37.0 Å². The molecule has 3 N–H and O–H groups in total. The molecule has 0 saturated carbocycles. The maximum absolute atomic E-state index is 13.9. The highest BCUT2D eigenvalue weighted by Crippen LogP contribution is 2.52. The summed E-state index contributed by atoms with van der Waals surface area (Å²) in [7, 11) is 0. The summed E-state index contributed by atoms with van der Waals surface area (Å²) in [5.41, 5.74) is -0.618. The van der Waals surface area contributed by atoms with Gasteiger partial charge in [0.15, 0.2) is 5.78 Å². The predicted molar refractivity (Wildman–Crippen MR) is 173 cm³/mol. The number of aromatic nitrogens is 4. The van der Waals surface area contributed by atoms with Gasteiger partial charge < -0.3 is 20.5 Å². The van der Waals surface area contributed by atoms with Crippen LogP contribution in [0, 0.1) is 5.82 Å². The van der Waals surface area contributed by atoms with Crippen LogP contribution in [0.4, 0.5) is 17.6 Å². The highest BCUT2D eigenvalue weighted by Gasteiger charge is 2.65. The third-order valence-electron chi connectivity index (χ3n) is 7.96. The number of amides is 1. The van der Waals surface area contributed by atoms with E-state index in [1.165, 1.54) is 36.4 Å². The number of benzene rings is 2. The number of alkyl halides is 3. The zero-order chi connectivity index (χ0) is 36.2. The number of pyridine rings is 1. The summed E-state index contributed by atoms with van der Waals surface area (Å²) >= 11 is 6.38. The van der Waals surface area contributed by atoms with Crippen LogP contribution in [-0.2, 0) is 28.3 Å². The zero-order valence-corrected chi connectivity index (χ0v) is 27.2. The zero-order valence-electron chi connectivity index (χ0n) is 26.4. The Morgan fingerprint density at radius 1 is 1.06 bits per heavy atom. The first-order valence-electron chi connectivity index (χ1n) is 15.4. The minimum Gasteiger partial charge on any atom is -0.388 e.